The quantitative estimate of drug-likeness (QED) is 0.610. The van der Waals surface area contributed by atoms with Gasteiger partial charge in [0.1, 0.15) is 5.69 Å². The summed E-state index contributed by atoms with van der Waals surface area (Å²) in [6.07, 6.45) is 8.06. The van der Waals surface area contributed by atoms with E-state index in [9.17, 15) is 9.59 Å². The Morgan fingerprint density at radius 1 is 1.39 bits per heavy atom. The SMILES string of the molecule is C/C=C/C=CC(=O)NCc1ccc(C(=O)O)nc1. The molecule has 1 rings (SSSR count). The predicted octanol–water partition coefficient (Wildman–Crippen LogP) is 1.53. The number of nitrogens with zero attached hydrogens (tertiary/aromatic N) is 1. The highest BCUT2D eigenvalue weighted by atomic mass is 16.4. The summed E-state index contributed by atoms with van der Waals surface area (Å²) in [5.41, 5.74) is 0.728. The zero-order chi connectivity index (χ0) is 13.4. The minimum Gasteiger partial charge on any atom is -0.477 e. The van der Waals surface area contributed by atoms with Crippen LogP contribution in [0.5, 0.6) is 0 Å². The van der Waals surface area contributed by atoms with Gasteiger partial charge in [0, 0.05) is 18.8 Å². The first-order valence-electron chi connectivity index (χ1n) is 5.39. The monoisotopic (exact) mass is 246 g/mol. The molecule has 0 saturated heterocycles. The van der Waals surface area contributed by atoms with Crippen LogP contribution in [-0.4, -0.2) is 22.0 Å². The standard InChI is InChI=1S/C13H14N2O3/c1-2-3-4-5-12(16)15-9-10-6-7-11(13(17)18)14-8-10/h2-8H,9H2,1H3,(H,15,16)(H,17,18)/b3-2+,5-4?. The van der Waals surface area contributed by atoms with Crippen molar-refractivity contribution in [3.05, 3.63) is 53.9 Å². The number of aromatic carboxylic acids is 1. The number of hydrogen-bond donors (Lipinski definition) is 2. The summed E-state index contributed by atoms with van der Waals surface area (Å²) in [5.74, 6) is -1.28. The second-order valence-corrected chi connectivity index (χ2v) is 3.46. The molecule has 0 unspecified atom stereocenters. The van der Waals surface area contributed by atoms with E-state index in [-0.39, 0.29) is 11.6 Å². The van der Waals surface area contributed by atoms with Gasteiger partial charge in [0.05, 0.1) is 0 Å². The lowest BCUT2D eigenvalue weighted by molar-refractivity contribution is -0.116. The number of amides is 1. The van der Waals surface area contributed by atoms with Crippen LogP contribution in [0.4, 0.5) is 0 Å². The Balaban J connectivity index is 2.48. The smallest absolute Gasteiger partial charge is 0.354 e. The average Bonchev–Trinajstić information content (AvgIpc) is 2.37. The van der Waals surface area contributed by atoms with E-state index < -0.39 is 5.97 Å². The molecule has 0 radical (unpaired) electrons. The first-order chi connectivity index (χ1) is 8.63. The number of carbonyl (C=O) groups is 2. The van der Waals surface area contributed by atoms with E-state index in [1.165, 1.54) is 18.3 Å². The topological polar surface area (TPSA) is 79.3 Å². The molecule has 2 N–H and O–H groups in total. The van der Waals surface area contributed by atoms with Crippen molar-refractivity contribution in [3.8, 4) is 0 Å². The molecular weight excluding hydrogens is 232 g/mol. The van der Waals surface area contributed by atoms with Crippen LogP contribution in [0, 0.1) is 0 Å². The first kappa shape index (κ1) is 13.6. The fraction of sp³-hybridized carbons (Fsp3) is 0.154. The number of carboxylic acid groups (broad SMARTS) is 1. The fourth-order valence-corrected chi connectivity index (χ4v) is 1.16. The van der Waals surface area contributed by atoms with Gasteiger partial charge in [-0.1, -0.05) is 24.3 Å². The van der Waals surface area contributed by atoms with E-state index in [0.29, 0.717) is 6.54 Å². The average molecular weight is 246 g/mol. The number of nitrogens with one attached hydrogen (secondary N) is 1. The zero-order valence-corrected chi connectivity index (χ0v) is 9.96. The van der Waals surface area contributed by atoms with E-state index in [4.69, 9.17) is 5.11 Å². The Morgan fingerprint density at radius 2 is 2.17 bits per heavy atom. The van der Waals surface area contributed by atoms with E-state index in [1.807, 2.05) is 13.0 Å². The largest absolute Gasteiger partial charge is 0.477 e. The molecule has 0 aliphatic carbocycles. The normalized spacial score (nSPS) is 10.9. The van der Waals surface area contributed by atoms with Crippen molar-refractivity contribution in [1.82, 2.24) is 10.3 Å². The Kier molecular flexibility index (Phi) is 5.31. The lowest BCUT2D eigenvalue weighted by atomic mass is 10.2. The summed E-state index contributed by atoms with van der Waals surface area (Å²) in [6, 6.07) is 3.02. The second kappa shape index (κ2) is 7.01. The molecule has 1 heterocycles. The Bertz CT molecular complexity index is 476. The summed E-state index contributed by atoms with van der Waals surface area (Å²) in [4.78, 5) is 25.6. The van der Waals surface area contributed by atoms with E-state index >= 15 is 0 Å². The van der Waals surface area contributed by atoms with E-state index in [1.54, 1.807) is 18.2 Å². The molecule has 1 amide bonds. The van der Waals surface area contributed by atoms with Crippen molar-refractivity contribution >= 4 is 11.9 Å². The third-order valence-electron chi connectivity index (χ3n) is 2.06. The predicted molar refractivity (Wildman–Crippen MR) is 67.0 cm³/mol. The maximum absolute atomic E-state index is 11.3. The van der Waals surface area contributed by atoms with Gasteiger partial charge in [-0.3, -0.25) is 4.79 Å². The molecule has 0 aliphatic heterocycles. The summed E-state index contributed by atoms with van der Waals surface area (Å²) in [5, 5.41) is 11.3. The van der Waals surface area contributed by atoms with Crippen LogP contribution in [0.3, 0.4) is 0 Å². The van der Waals surface area contributed by atoms with Crippen molar-refractivity contribution < 1.29 is 14.7 Å². The molecule has 0 saturated carbocycles. The van der Waals surface area contributed by atoms with Crippen LogP contribution in [0.15, 0.2) is 42.6 Å². The third-order valence-corrected chi connectivity index (χ3v) is 2.06. The fourth-order valence-electron chi connectivity index (χ4n) is 1.16. The maximum atomic E-state index is 11.3. The Hall–Kier alpha value is -2.43. The van der Waals surface area contributed by atoms with Gasteiger partial charge < -0.3 is 10.4 Å². The van der Waals surface area contributed by atoms with Crippen LogP contribution in [0.2, 0.25) is 0 Å². The maximum Gasteiger partial charge on any atom is 0.354 e. The van der Waals surface area contributed by atoms with Gasteiger partial charge in [0.2, 0.25) is 5.91 Å². The lowest BCUT2D eigenvalue weighted by Crippen LogP contribution is -2.20. The van der Waals surface area contributed by atoms with Gasteiger partial charge in [0.25, 0.3) is 0 Å². The number of pyridine rings is 1. The van der Waals surface area contributed by atoms with Crippen LogP contribution in [0.25, 0.3) is 0 Å². The first-order valence-corrected chi connectivity index (χ1v) is 5.39. The van der Waals surface area contributed by atoms with Crippen LogP contribution in [-0.2, 0) is 11.3 Å². The summed E-state index contributed by atoms with van der Waals surface area (Å²) >= 11 is 0. The number of carboxylic acids is 1. The highest BCUT2D eigenvalue weighted by molar-refractivity contribution is 5.87. The minimum atomic E-state index is -1.07. The van der Waals surface area contributed by atoms with Crippen molar-refractivity contribution in [2.24, 2.45) is 0 Å². The van der Waals surface area contributed by atoms with Gasteiger partial charge in [-0.25, -0.2) is 9.78 Å². The van der Waals surface area contributed by atoms with Gasteiger partial charge in [-0.05, 0) is 18.6 Å². The molecule has 94 valence electrons. The molecular formula is C13H14N2O3. The second-order valence-electron chi connectivity index (χ2n) is 3.46. The van der Waals surface area contributed by atoms with Crippen LogP contribution >= 0.6 is 0 Å². The molecule has 1 aromatic rings. The summed E-state index contributed by atoms with van der Waals surface area (Å²) < 4.78 is 0. The Morgan fingerprint density at radius 3 is 2.72 bits per heavy atom. The molecule has 0 spiro atoms. The molecule has 0 bridgehead atoms. The number of aromatic nitrogens is 1. The van der Waals surface area contributed by atoms with Gasteiger partial charge in [-0.2, -0.15) is 0 Å². The number of allylic oxidation sites excluding steroid dienone is 3. The molecule has 18 heavy (non-hydrogen) atoms. The molecule has 0 atom stereocenters. The highest BCUT2D eigenvalue weighted by Crippen LogP contribution is 2.00. The van der Waals surface area contributed by atoms with Gasteiger partial charge in [0.15, 0.2) is 0 Å². The molecule has 5 heteroatoms. The van der Waals surface area contributed by atoms with Crippen molar-refractivity contribution in [2.45, 2.75) is 13.5 Å². The van der Waals surface area contributed by atoms with Crippen LogP contribution in [0.1, 0.15) is 23.0 Å². The number of hydrogen-bond acceptors (Lipinski definition) is 3. The van der Waals surface area contributed by atoms with Gasteiger partial charge >= 0.3 is 5.97 Å². The molecule has 5 nitrogen and oxygen atoms in total. The van der Waals surface area contributed by atoms with Crippen LogP contribution < -0.4 is 5.32 Å². The van der Waals surface area contributed by atoms with Crippen molar-refractivity contribution in [1.29, 1.82) is 0 Å². The van der Waals surface area contributed by atoms with Crippen molar-refractivity contribution in [2.75, 3.05) is 0 Å². The molecule has 0 aliphatic rings. The number of carbonyl (C=O) groups excluding carboxylic acids is 1. The zero-order valence-electron chi connectivity index (χ0n) is 9.96. The van der Waals surface area contributed by atoms with E-state index in [2.05, 4.69) is 10.3 Å². The van der Waals surface area contributed by atoms with Crippen molar-refractivity contribution in [3.63, 3.8) is 0 Å². The lowest BCUT2D eigenvalue weighted by Gasteiger charge is -2.02. The molecule has 0 fully saturated rings. The Labute approximate surface area is 105 Å². The van der Waals surface area contributed by atoms with E-state index in [0.717, 1.165) is 5.56 Å². The third kappa shape index (κ3) is 4.61. The molecule has 0 aromatic carbocycles. The number of rotatable bonds is 5. The molecule has 1 aromatic heterocycles. The van der Waals surface area contributed by atoms with Gasteiger partial charge in [-0.15, -0.1) is 0 Å². The minimum absolute atomic E-state index is 0.0157. The summed E-state index contributed by atoms with van der Waals surface area (Å²) in [6.45, 7) is 2.17. The highest BCUT2D eigenvalue weighted by Gasteiger charge is 2.03. The summed E-state index contributed by atoms with van der Waals surface area (Å²) in [7, 11) is 0.